The minimum absolute atomic E-state index is 0.144. The predicted molar refractivity (Wildman–Crippen MR) is 74.0 cm³/mol. The van der Waals surface area contributed by atoms with Crippen molar-refractivity contribution in [3.8, 4) is 0 Å². The number of hydrogen-bond donors (Lipinski definition) is 2. The summed E-state index contributed by atoms with van der Waals surface area (Å²) in [4.78, 5) is 12.0. The average molecular weight is 258 g/mol. The van der Waals surface area contributed by atoms with Gasteiger partial charge in [-0.25, -0.2) is 0 Å². The number of nitrogens with two attached hydrogens (primary N) is 1. The normalized spacial score (nSPS) is 22.2. The van der Waals surface area contributed by atoms with Gasteiger partial charge >= 0.3 is 0 Å². The highest BCUT2D eigenvalue weighted by Crippen LogP contribution is 2.25. The van der Waals surface area contributed by atoms with Crippen molar-refractivity contribution in [3.05, 3.63) is 35.6 Å². The predicted octanol–water partition coefficient (Wildman–Crippen LogP) is 2.21. The van der Waals surface area contributed by atoms with Crippen molar-refractivity contribution >= 4 is 16.9 Å². The Bertz CT molecular complexity index is 612. The molecule has 1 aliphatic carbocycles. The second-order valence-electron chi connectivity index (χ2n) is 5.46. The topological polar surface area (TPSA) is 68.3 Å². The minimum Gasteiger partial charge on any atom is -0.451 e. The smallest absolute Gasteiger partial charge is 0.287 e. The molecule has 1 aromatic carbocycles. The maximum absolute atomic E-state index is 12.0. The van der Waals surface area contributed by atoms with Crippen molar-refractivity contribution in [2.75, 3.05) is 6.54 Å². The van der Waals surface area contributed by atoms with Gasteiger partial charge in [0.05, 0.1) is 0 Å². The molecule has 2 aromatic rings. The molecule has 0 atom stereocenters. The molecule has 0 aliphatic heterocycles. The lowest BCUT2D eigenvalue weighted by Gasteiger charge is -2.32. The number of carbonyl (C=O) groups is 1. The molecule has 4 heteroatoms. The van der Waals surface area contributed by atoms with Crippen LogP contribution in [0, 0.1) is 12.8 Å². The van der Waals surface area contributed by atoms with Crippen LogP contribution in [0.1, 0.15) is 29.0 Å². The monoisotopic (exact) mass is 258 g/mol. The number of furan rings is 1. The van der Waals surface area contributed by atoms with E-state index in [4.69, 9.17) is 10.2 Å². The molecule has 1 aromatic heterocycles. The maximum Gasteiger partial charge on any atom is 0.287 e. The maximum atomic E-state index is 12.0. The number of hydrogen-bond acceptors (Lipinski definition) is 3. The SMILES string of the molecule is Cc1ccc2oc(C(=O)NCC3CC(N)C3)cc2c1. The molecule has 0 bridgehead atoms. The van der Waals surface area contributed by atoms with Crippen molar-refractivity contribution < 1.29 is 9.21 Å². The van der Waals surface area contributed by atoms with Crippen LogP contribution in [0.25, 0.3) is 11.0 Å². The van der Waals surface area contributed by atoms with Gasteiger partial charge in [0.1, 0.15) is 5.58 Å². The summed E-state index contributed by atoms with van der Waals surface area (Å²) in [7, 11) is 0. The molecule has 19 heavy (non-hydrogen) atoms. The molecular weight excluding hydrogens is 240 g/mol. The quantitative estimate of drug-likeness (QED) is 0.887. The molecule has 1 saturated carbocycles. The number of carbonyl (C=O) groups excluding carboxylic acids is 1. The highest BCUT2D eigenvalue weighted by molar-refractivity contribution is 5.96. The van der Waals surface area contributed by atoms with Gasteiger partial charge in [0.2, 0.25) is 0 Å². The minimum atomic E-state index is -0.144. The molecule has 100 valence electrons. The fourth-order valence-electron chi connectivity index (χ4n) is 2.55. The van der Waals surface area contributed by atoms with E-state index in [2.05, 4.69) is 5.32 Å². The first-order chi connectivity index (χ1) is 9.11. The zero-order valence-electron chi connectivity index (χ0n) is 11.0. The number of benzene rings is 1. The van der Waals surface area contributed by atoms with Gasteiger partial charge in [-0.1, -0.05) is 11.6 Å². The second-order valence-corrected chi connectivity index (χ2v) is 5.46. The first-order valence-electron chi connectivity index (χ1n) is 6.66. The van der Waals surface area contributed by atoms with E-state index in [0.29, 0.717) is 24.3 Å². The lowest BCUT2D eigenvalue weighted by atomic mass is 9.81. The zero-order chi connectivity index (χ0) is 13.4. The van der Waals surface area contributed by atoms with E-state index in [1.165, 1.54) is 0 Å². The third-order valence-electron chi connectivity index (χ3n) is 3.72. The Morgan fingerprint density at radius 3 is 2.95 bits per heavy atom. The van der Waals surface area contributed by atoms with Gasteiger partial charge in [0.15, 0.2) is 5.76 Å². The zero-order valence-corrected chi connectivity index (χ0v) is 11.0. The van der Waals surface area contributed by atoms with Gasteiger partial charge in [-0.2, -0.15) is 0 Å². The first-order valence-corrected chi connectivity index (χ1v) is 6.66. The van der Waals surface area contributed by atoms with Crippen LogP contribution in [0.2, 0.25) is 0 Å². The largest absolute Gasteiger partial charge is 0.451 e. The molecule has 4 nitrogen and oxygen atoms in total. The molecule has 3 rings (SSSR count). The number of rotatable bonds is 3. The Balaban J connectivity index is 1.67. The average Bonchev–Trinajstić information content (AvgIpc) is 2.75. The van der Waals surface area contributed by atoms with Crippen LogP contribution in [0.3, 0.4) is 0 Å². The Kier molecular flexibility index (Phi) is 3.03. The van der Waals surface area contributed by atoms with Crippen LogP contribution in [0.5, 0.6) is 0 Å². The Morgan fingerprint density at radius 2 is 2.21 bits per heavy atom. The summed E-state index contributed by atoms with van der Waals surface area (Å²) in [6.07, 6.45) is 2.00. The number of amides is 1. The number of fused-ring (bicyclic) bond motifs is 1. The van der Waals surface area contributed by atoms with E-state index >= 15 is 0 Å². The van der Waals surface area contributed by atoms with Crippen molar-refractivity contribution in [1.29, 1.82) is 0 Å². The lowest BCUT2D eigenvalue weighted by molar-refractivity contribution is 0.0910. The van der Waals surface area contributed by atoms with Crippen molar-refractivity contribution in [3.63, 3.8) is 0 Å². The van der Waals surface area contributed by atoms with Gasteiger partial charge in [0.25, 0.3) is 5.91 Å². The molecule has 0 saturated heterocycles. The Labute approximate surface area is 112 Å². The van der Waals surface area contributed by atoms with Crippen LogP contribution < -0.4 is 11.1 Å². The van der Waals surface area contributed by atoms with Gasteiger partial charge in [-0.3, -0.25) is 4.79 Å². The molecule has 3 N–H and O–H groups in total. The molecule has 1 aliphatic rings. The summed E-state index contributed by atoms with van der Waals surface area (Å²) in [6.45, 7) is 2.70. The van der Waals surface area contributed by atoms with Gasteiger partial charge in [-0.15, -0.1) is 0 Å². The van der Waals surface area contributed by atoms with Gasteiger partial charge < -0.3 is 15.5 Å². The molecule has 0 unspecified atom stereocenters. The van der Waals surface area contributed by atoms with Crippen LogP contribution in [-0.4, -0.2) is 18.5 Å². The molecule has 1 amide bonds. The van der Waals surface area contributed by atoms with Crippen LogP contribution in [0.4, 0.5) is 0 Å². The highest BCUT2D eigenvalue weighted by Gasteiger charge is 2.26. The first kappa shape index (κ1) is 12.2. The van der Waals surface area contributed by atoms with E-state index in [1.807, 2.05) is 25.1 Å². The van der Waals surface area contributed by atoms with Crippen LogP contribution in [-0.2, 0) is 0 Å². The lowest BCUT2D eigenvalue weighted by Crippen LogP contribution is -2.42. The fourth-order valence-corrected chi connectivity index (χ4v) is 2.55. The van der Waals surface area contributed by atoms with Crippen molar-refractivity contribution in [1.82, 2.24) is 5.32 Å². The van der Waals surface area contributed by atoms with Gasteiger partial charge in [-0.05, 0) is 43.9 Å². The Hall–Kier alpha value is -1.81. The van der Waals surface area contributed by atoms with E-state index in [1.54, 1.807) is 6.07 Å². The third-order valence-corrected chi connectivity index (χ3v) is 3.72. The van der Waals surface area contributed by atoms with Crippen LogP contribution >= 0.6 is 0 Å². The summed E-state index contributed by atoms with van der Waals surface area (Å²) in [5.74, 6) is 0.754. The van der Waals surface area contributed by atoms with E-state index in [0.717, 1.165) is 29.4 Å². The highest BCUT2D eigenvalue weighted by atomic mass is 16.3. The van der Waals surface area contributed by atoms with Crippen LogP contribution in [0.15, 0.2) is 28.7 Å². The van der Waals surface area contributed by atoms with Crippen molar-refractivity contribution in [2.45, 2.75) is 25.8 Å². The van der Waals surface area contributed by atoms with Crippen molar-refractivity contribution in [2.24, 2.45) is 11.7 Å². The molecular formula is C15H18N2O2. The number of nitrogens with one attached hydrogen (secondary N) is 1. The standard InChI is InChI=1S/C15H18N2O2/c1-9-2-3-13-11(4-9)7-14(19-13)15(18)17-8-10-5-12(16)6-10/h2-4,7,10,12H,5-6,8,16H2,1H3,(H,17,18). The molecule has 1 fully saturated rings. The van der Waals surface area contributed by atoms with Gasteiger partial charge in [0, 0.05) is 18.0 Å². The summed E-state index contributed by atoms with van der Waals surface area (Å²) in [6, 6.07) is 8.00. The molecule has 1 heterocycles. The van der Waals surface area contributed by atoms with E-state index < -0.39 is 0 Å². The number of aryl methyl sites for hydroxylation is 1. The summed E-state index contributed by atoms with van der Waals surface area (Å²) >= 11 is 0. The van der Waals surface area contributed by atoms with E-state index in [-0.39, 0.29) is 5.91 Å². The second kappa shape index (κ2) is 4.70. The molecule has 0 radical (unpaired) electrons. The summed E-state index contributed by atoms with van der Waals surface area (Å²) in [5, 5.41) is 3.88. The third kappa shape index (κ3) is 2.49. The Morgan fingerprint density at radius 1 is 1.42 bits per heavy atom. The fraction of sp³-hybridized carbons (Fsp3) is 0.400. The van der Waals surface area contributed by atoms with E-state index in [9.17, 15) is 4.79 Å². The summed E-state index contributed by atoms with van der Waals surface area (Å²) < 4.78 is 5.55. The molecule has 0 spiro atoms. The summed E-state index contributed by atoms with van der Waals surface area (Å²) in [5.41, 5.74) is 7.63.